The Morgan fingerprint density at radius 3 is 2.88 bits per heavy atom. The largest absolute Gasteiger partial charge is 0.381 e. The molecule has 0 bridgehead atoms. The molecule has 1 aromatic rings. The van der Waals surface area contributed by atoms with Crippen LogP contribution in [0.3, 0.4) is 0 Å². The Morgan fingerprint density at radius 2 is 2.08 bits per heavy atom. The number of ether oxygens (including phenoxy) is 1. The Bertz CT molecular complexity index is 560. The molecule has 2 N–H and O–H groups in total. The topological polar surface area (TPSA) is 50.4 Å². The zero-order valence-electron chi connectivity index (χ0n) is 14.9. The summed E-state index contributed by atoms with van der Waals surface area (Å²) in [7, 11) is 1.80. The molecule has 4 nitrogen and oxygen atoms in total. The van der Waals surface area contributed by atoms with Gasteiger partial charge in [-0.2, -0.15) is 0 Å². The number of hydrogen-bond donors (Lipinski definition) is 2. The van der Waals surface area contributed by atoms with Gasteiger partial charge in [0.2, 0.25) is 5.91 Å². The number of amides is 1. The molecule has 1 heterocycles. The first-order chi connectivity index (χ1) is 11.7. The minimum absolute atomic E-state index is 0.0960. The molecule has 3 rings (SSSR count). The van der Waals surface area contributed by atoms with Gasteiger partial charge in [0.1, 0.15) is 0 Å². The monoisotopic (exact) mass is 330 g/mol. The second-order valence-electron chi connectivity index (χ2n) is 7.36. The third-order valence-corrected chi connectivity index (χ3v) is 5.78. The minimum Gasteiger partial charge on any atom is -0.381 e. The average Bonchev–Trinajstić information content (AvgIpc) is 2.60. The van der Waals surface area contributed by atoms with E-state index in [2.05, 4.69) is 41.8 Å². The lowest BCUT2D eigenvalue weighted by molar-refractivity contribution is -0.130. The van der Waals surface area contributed by atoms with Gasteiger partial charge in [-0.3, -0.25) is 4.79 Å². The first kappa shape index (κ1) is 17.4. The van der Waals surface area contributed by atoms with Gasteiger partial charge in [0.15, 0.2) is 0 Å². The highest BCUT2D eigenvalue weighted by Gasteiger charge is 2.39. The standard InChI is InChI=1S/C20H30N2O2/c1-14-5-3-4-6-15(14)9-10-21-13-17-11-16-12-18(24-2)7-8-19(16)22-20(17)23/h3-6,16-19,21H,7-13H2,1-2H3,(H,22,23). The maximum absolute atomic E-state index is 12.3. The minimum atomic E-state index is 0.0960. The number of methoxy groups -OCH3 is 1. The van der Waals surface area contributed by atoms with E-state index in [-0.39, 0.29) is 11.8 Å². The van der Waals surface area contributed by atoms with E-state index >= 15 is 0 Å². The van der Waals surface area contributed by atoms with Crippen LogP contribution in [0.1, 0.15) is 36.8 Å². The van der Waals surface area contributed by atoms with Crippen molar-refractivity contribution in [1.82, 2.24) is 10.6 Å². The average molecular weight is 330 g/mol. The molecule has 24 heavy (non-hydrogen) atoms. The van der Waals surface area contributed by atoms with Crippen LogP contribution in [0, 0.1) is 18.8 Å². The zero-order chi connectivity index (χ0) is 16.9. The van der Waals surface area contributed by atoms with E-state index in [0.29, 0.717) is 18.1 Å². The molecular formula is C20H30N2O2. The number of nitrogens with one attached hydrogen (secondary N) is 2. The lowest BCUT2D eigenvalue weighted by atomic mass is 9.74. The highest BCUT2D eigenvalue weighted by Crippen LogP contribution is 2.34. The van der Waals surface area contributed by atoms with E-state index in [1.165, 1.54) is 11.1 Å². The Morgan fingerprint density at radius 1 is 1.25 bits per heavy atom. The molecule has 1 saturated heterocycles. The predicted molar refractivity (Wildman–Crippen MR) is 95.9 cm³/mol. The van der Waals surface area contributed by atoms with Crippen molar-refractivity contribution < 1.29 is 9.53 Å². The molecule has 0 spiro atoms. The fourth-order valence-electron chi connectivity index (χ4n) is 4.22. The van der Waals surface area contributed by atoms with Gasteiger partial charge in [-0.25, -0.2) is 0 Å². The van der Waals surface area contributed by atoms with E-state index in [4.69, 9.17) is 4.74 Å². The predicted octanol–water partition coefficient (Wildman–Crippen LogP) is 2.45. The van der Waals surface area contributed by atoms with Crippen molar-refractivity contribution in [3.05, 3.63) is 35.4 Å². The first-order valence-electron chi connectivity index (χ1n) is 9.25. The molecule has 1 aromatic carbocycles. The van der Waals surface area contributed by atoms with Crippen LogP contribution in [0.5, 0.6) is 0 Å². The summed E-state index contributed by atoms with van der Waals surface area (Å²) in [5.74, 6) is 0.902. The van der Waals surface area contributed by atoms with Crippen molar-refractivity contribution in [2.45, 2.75) is 51.2 Å². The molecule has 0 aromatic heterocycles. The van der Waals surface area contributed by atoms with Crippen LogP contribution >= 0.6 is 0 Å². The van der Waals surface area contributed by atoms with E-state index in [9.17, 15) is 4.79 Å². The number of hydrogen-bond acceptors (Lipinski definition) is 3. The summed E-state index contributed by atoms with van der Waals surface area (Å²) in [6, 6.07) is 8.87. The van der Waals surface area contributed by atoms with Gasteiger partial charge in [0, 0.05) is 19.7 Å². The lowest BCUT2D eigenvalue weighted by Gasteiger charge is -2.41. The third-order valence-electron chi connectivity index (χ3n) is 5.78. The molecule has 0 radical (unpaired) electrons. The molecule has 4 heteroatoms. The number of piperidine rings is 1. The quantitative estimate of drug-likeness (QED) is 0.788. The molecule has 1 saturated carbocycles. The Hall–Kier alpha value is -1.39. The molecule has 4 atom stereocenters. The molecule has 2 aliphatic rings. The van der Waals surface area contributed by atoms with Crippen molar-refractivity contribution >= 4 is 5.91 Å². The second kappa shape index (κ2) is 8.13. The summed E-state index contributed by atoms with van der Waals surface area (Å²) in [4.78, 5) is 12.3. The van der Waals surface area contributed by atoms with Gasteiger partial charge in [-0.1, -0.05) is 24.3 Å². The fraction of sp³-hybridized carbons (Fsp3) is 0.650. The number of carbonyl (C=O) groups excluding carboxylic acids is 1. The molecule has 4 unspecified atom stereocenters. The van der Waals surface area contributed by atoms with Crippen molar-refractivity contribution in [3.63, 3.8) is 0 Å². The Balaban J connectivity index is 1.45. The fourth-order valence-corrected chi connectivity index (χ4v) is 4.22. The van der Waals surface area contributed by atoms with Gasteiger partial charge in [-0.15, -0.1) is 0 Å². The van der Waals surface area contributed by atoms with Gasteiger partial charge in [-0.05, 0) is 62.6 Å². The summed E-state index contributed by atoms with van der Waals surface area (Å²) in [6.07, 6.45) is 5.59. The molecule has 1 aliphatic carbocycles. The van der Waals surface area contributed by atoms with E-state index in [0.717, 1.165) is 45.2 Å². The summed E-state index contributed by atoms with van der Waals surface area (Å²) in [5, 5.41) is 6.74. The number of fused-ring (bicyclic) bond motifs is 1. The molecule has 2 fully saturated rings. The SMILES string of the molecule is COC1CCC2NC(=O)C(CNCCc3ccccc3C)CC2C1. The van der Waals surface area contributed by atoms with E-state index in [1.807, 2.05) is 0 Å². The number of aryl methyl sites for hydroxylation is 1. The maximum atomic E-state index is 12.3. The maximum Gasteiger partial charge on any atom is 0.224 e. The highest BCUT2D eigenvalue weighted by atomic mass is 16.5. The third kappa shape index (κ3) is 4.17. The zero-order valence-corrected chi connectivity index (χ0v) is 14.9. The molecular weight excluding hydrogens is 300 g/mol. The highest BCUT2D eigenvalue weighted by molar-refractivity contribution is 5.80. The summed E-state index contributed by atoms with van der Waals surface area (Å²) >= 11 is 0. The van der Waals surface area contributed by atoms with Crippen LogP contribution in [-0.4, -0.2) is 38.3 Å². The van der Waals surface area contributed by atoms with E-state index in [1.54, 1.807) is 7.11 Å². The lowest BCUT2D eigenvalue weighted by Crippen LogP contribution is -2.54. The van der Waals surface area contributed by atoms with Crippen LogP contribution < -0.4 is 10.6 Å². The molecule has 132 valence electrons. The van der Waals surface area contributed by atoms with Gasteiger partial charge >= 0.3 is 0 Å². The van der Waals surface area contributed by atoms with Crippen molar-refractivity contribution in [2.75, 3.05) is 20.2 Å². The van der Waals surface area contributed by atoms with Crippen molar-refractivity contribution in [2.24, 2.45) is 11.8 Å². The van der Waals surface area contributed by atoms with Crippen molar-refractivity contribution in [1.29, 1.82) is 0 Å². The first-order valence-corrected chi connectivity index (χ1v) is 9.25. The molecule has 1 amide bonds. The second-order valence-corrected chi connectivity index (χ2v) is 7.36. The van der Waals surface area contributed by atoms with Gasteiger partial charge in [0.25, 0.3) is 0 Å². The van der Waals surface area contributed by atoms with E-state index < -0.39 is 0 Å². The van der Waals surface area contributed by atoms with Crippen LogP contribution in [0.15, 0.2) is 24.3 Å². The van der Waals surface area contributed by atoms with Crippen LogP contribution in [0.4, 0.5) is 0 Å². The van der Waals surface area contributed by atoms with Gasteiger partial charge < -0.3 is 15.4 Å². The van der Waals surface area contributed by atoms with Gasteiger partial charge in [0.05, 0.1) is 12.0 Å². The van der Waals surface area contributed by atoms with Crippen molar-refractivity contribution in [3.8, 4) is 0 Å². The smallest absolute Gasteiger partial charge is 0.224 e. The number of rotatable bonds is 6. The van der Waals surface area contributed by atoms with Crippen LogP contribution in [-0.2, 0) is 16.0 Å². The normalized spacial score (nSPS) is 29.8. The summed E-state index contributed by atoms with van der Waals surface area (Å²) in [5.41, 5.74) is 2.72. The Kier molecular flexibility index (Phi) is 5.90. The summed E-state index contributed by atoms with van der Waals surface area (Å²) < 4.78 is 5.53. The summed E-state index contributed by atoms with van der Waals surface area (Å²) in [6.45, 7) is 3.85. The Labute approximate surface area is 145 Å². The van der Waals surface area contributed by atoms with Crippen LogP contribution in [0.2, 0.25) is 0 Å². The van der Waals surface area contributed by atoms with Crippen LogP contribution in [0.25, 0.3) is 0 Å². The number of benzene rings is 1. The molecule has 1 aliphatic heterocycles. The number of carbonyl (C=O) groups is 1.